The van der Waals surface area contributed by atoms with E-state index in [9.17, 15) is 10.2 Å². The Labute approximate surface area is 114 Å². The zero-order valence-corrected chi connectivity index (χ0v) is 11.9. The van der Waals surface area contributed by atoms with Crippen molar-refractivity contribution < 1.29 is 14.9 Å². The van der Waals surface area contributed by atoms with Gasteiger partial charge in [-0.15, -0.1) is 0 Å². The molecule has 4 heteroatoms. The summed E-state index contributed by atoms with van der Waals surface area (Å²) >= 11 is 0. The molecule has 0 aromatic heterocycles. The topological polar surface area (TPSA) is 52.9 Å². The Morgan fingerprint density at radius 1 is 1.32 bits per heavy atom. The predicted molar refractivity (Wildman–Crippen MR) is 75.7 cm³/mol. The van der Waals surface area contributed by atoms with Gasteiger partial charge in [0.1, 0.15) is 5.75 Å². The minimum atomic E-state index is -0.575. The standard InChI is InChI=1S/C15H23NO3/c1-11(17)14-12(5-4-6-13(14)19-3)16-9-7-15(2,18)8-10-16/h4-6,11,17-18H,7-10H2,1-3H3/t11-/m0/s1. The second-order valence-electron chi connectivity index (χ2n) is 5.55. The summed E-state index contributed by atoms with van der Waals surface area (Å²) in [7, 11) is 1.62. The molecule has 1 heterocycles. The van der Waals surface area contributed by atoms with Gasteiger partial charge < -0.3 is 19.8 Å². The first-order valence-electron chi connectivity index (χ1n) is 6.77. The van der Waals surface area contributed by atoms with Crippen LogP contribution in [0.4, 0.5) is 5.69 Å². The Balaban J connectivity index is 2.30. The van der Waals surface area contributed by atoms with Gasteiger partial charge in [-0.3, -0.25) is 0 Å². The predicted octanol–water partition coefficient (Wildman–Crippen LogP) is 2.10. The fourth-order valence-corrected chi connectivity index (χ4v) is 2.64. The van der Waals surface area contributed by atoms with E-state index in [4.69, 9.17) is 4.74 Å². The Hall–Kier alpha value is -1.26. The summed E-state index contributed by atoms with van der Waals surface area (Å²) in [5, 5.41) is 20.0. The van der Waals surface area contributed by atoms with E-state index in [1.807, 2.05) is 25.1 Å². The van der Waals surface area contributed by atoms with Crippen LogP contribution in [0.25, 0.3) is 0 Å². The number of piperidine rings is 1. The Kier molecular flexibility index (Phi) is 4.02. The molecular weight excluding hydrogens is 242 g/mol. The molecule has 0 radical (unpaired) electrons. The average molecular weight is 265 g/mol. The van der Waals surface area contributed by atoms with Crippen LogP contribution in [-0.2, 0) is 0 Å². The van der Waals surface area contributed by atoms with Crippen LogP contribution in [0, 0.1) is 0 Å². The van der Waals surface area contributed by atoms with Gasteiger partial charge in [-0.05, 0) is 38.8 Å². The van der Waals surface area contributed by atoms with Crippen molar-refractivity contribution in [1.29, 1.82) is 0 Å². The molecule has 0 aliphatic carbocycles. The number of aliphatic hydroxyl groups excluding tert-OH is 1. The van der Waals surface area contributed by atoms with Crippen LogP contribution >= 0.6 is 0 Å². The van der Waals surface area contributed by atoms with Crippen molar-refractivity contribution in [2.24, 2.45) is 0 Å². The lowest BCUT2D eigenvalue weighted by Crippen LogP contribution is -2.42. The minimum Gasteiger partial charge on any atom is -0.496 e. The number of rotatable bonds is 3. The van der Waals surface area contributed by atoms with Crippen molar-refractivity contribution in [1.82, 2.24) is 0 Å². The Bertz CT molecular complexity index is 433. The molecule has 1 aliphatic rings. The highest BCUT2D eigenvalue weighted by atomic mass is 16.5. The van der Waals surface area contributed by atoms with Crippen LogP contribution in [0.2, 0.25) is 0 Å². The highest BCUT2D eigenvalue weighted by Crippen LogP contribution is 2.36. The van der Waals surface area contributed by atoms with E-state index >= 15 is 0 Å². The third kappa shape index (κ3) is 3.01. The maximum absolute atomic E-state index is 10.0. The first kappa shape index (κ1) is 14.2. The molecule has 106 valence electrons. The lowest BCUT2D eigenvalue weighted by Gasteiger charge is -2.38. The molecule has 4 nitrogen and oxygen atoms in total. The van der Waals surface area contributed by atoms with Gasteiger partial charge in [-0.2, -0.15) is 0 Å². The smallest absolute Gasteiger partial charge is 0.126 e. The summed E-state index contributed by atoms with van der Waals surface area (Å²) in [6.45, 7) is 5.22. The van der Waals surface area contributed by atoms with Gasteiger partial charge in [-0.1, -0.05) is 6.07 Å². The molecule has 1 aliphatic heterocycles. The Morgan fingerprint density at radius 2 is 1.95 bits per heavy atom. The van der Waals surface area contributed by atoms with Crippen molar-refractivity contribution in [2.75, 3.05) is 25.1 Å². The monoisotopic (exact) mass is 265 g/mol. The number of methoxy groups -OCH3 is 1. The first-order valence-corrected chi connectivity index (χ1v) is 6.77. The number of ether oxygens (including phenoxy) is 1. The summed E-state index contributed by atoms with van der Waals surface area (Å²) in [5.74, 6) is 0.713. The van der Waals surface area contributed by atoms with Gasteiger partial charge in [0, 0.05) is 24.3 Å². The van der Waals surface area contributed by atoms with E-state index in [-0.39, 0.29) is 0 Å². The lowest BCUT2D eigenvalue weighted by molar-refractivity contribution is 0.0350. The fourth-order valence-electron chi connectivity index (χ4n) is 2.64. The molecule has 1 aromatic carbocycles. The molecule has 0 spiro atoms. The van der Waals surface area contributed by atoms with Crippen molar-refractivity contribution in [3.05, 3.63) is 23.8 Å². The van der Waals surface area contributed by atoms with Gasteiger partial charge >= 0.3 is 0 Å². The van der Waals surface area contributed by atoms with E-state index < -0.39 is 11.7 Å². The summed E-state index contributed by atoms with van der Waals surface area (Å²) < 4.78 is 5.34. The fraction of sp³-hybridized carbons (Fsp3) is 0.600. The third-order valence-electron chi connectivity index (χ3n) is 3.86. The second kappa shape index (κ2) is 5.39. The zero-order valence-electron chi connectivity index (χ0n) is 11.9. The molecule has 1 fully saturated rings. The first-order chi connectivity index (χ1) is 8.94. The molecule has 0 bridgehead atoms. The van der Waals surface area contributed by atoms with Crippen LogP contribution in [0.15, 0.2) is 18.2 Å². The van der Waals surface area contributed by atoms with Crippen molar-refractivity contribution >= 4 is 5.69 Å². The molecular formula is C15H23NO3. The molecule has 1 atom stereocenters. The average Bonchev–Trinajstić information content (AvgIpc) is 2.37. The largest absolute Gasteiger partial charge is 0.496 e. The summed E-state index contributed by atoms with van der Waals surface area (Å²) in [4.78, 5) is 2.21. The summed E-state index contributed by atoms with van der Waals surface area (Å²) in [6.07, 6.45) is 0.904. The molecule has 1 aromatic rings. The molecule has 19 heavy (non-hydrogen) atoms. The van der Waals surface area contributed by atoms with Crippen LogP contribution in [0.3, 0.4) is 0 Å². The van der Waals surface area contributed by atoms with Crippen LogP contribution in [0.1, 0.15) is 38.4 Å². The van der Waals surface area contributed by atoms with E-state index in [0.717, 1.165) is 37.2 Å². The third-order valence-corrected chi connectivity index (χ3v) is 3.86. The second-order valence-corrected chi connectivity index (χ2v) is 5.55. The normalized spacial score (nSPS) is 20.2. The molecule has 0 unspecified atom stereocenters. The van der Waals surface area contributed by atoms with Crippen LogP contribution in [-0.4, -0.2) is 36.0 Å². The van der Waals surface area contributed by atoms with E-state index in [1.54, 1.807) is 14.0 Å². The van der Waals surface area contributed by atoms with Gasteiger partial charge in [-0.25, -0.2) is 0 Å². The number of aliphatic hydroxyl groups is 2. The molecule has 0 saturated carbocycles. The van der Waals surface area contributed by atoms with Crippen LogP contribution in [0.5, 0.6) is 5.75 Å². The number of benzene rings is 1. The number of hydrogen-bond donors (Lipinski definition) is 2. The maximum atomic E-state index is 10.0. The minimum absolute atomic E-state index is 0.569. The summed E-state index contributed by atoms with van der Waals surface area (Å²) in [6, 6.07) is 5.81. The van der Waals surface area contributed by atoms with Crippen LogP contribution < -0.4 is 9.64 Å². The SMILES string of the molecule is COc1cccc(N2CCC(C)(O)CC2)c1[C@H](C)O. The van der Waals surface area contributed by atoms with Gasteiger partial charge in [0.15, 0.2) is 0 Å². The highest BCUT2D eigenvalue weighted by Gasteiger charge is 2.29. The number of nitrogens with zero attached hydrogens (tertiary/aromatic N) is 1. The van der Waals surface area contributed by atoms with Gasteiger partial charge in [0.05, 0.1) is 18.8 Å². The molecule has 0 amide bonds. The van der Waals surface area contributed by atoms with E-state index in [1.165, 1.54) is 0 Å². The van der Waals surface area contributed by atoms with Gasteiger partial charge in [0.25, 0.3) is 0 Å². The number of anilines is 1. The van der Waals surface area contributed by atoms with Crippen molar-refractivity contribution in [3.8, 4) is 5.75 Å². The summed E-state index contributed by atoms with van der Waals surface area (Å²) in [5.41, 5.74) is 1.26. The van der Waals surface area contributed by atoms with Gasteiger partial charge in [0.2, 0.25) is 0 Å². The van der Waals surface area contributed by atoms with E-state index in [2.05, 4.69) is 4.90 Å². The van der Waals surface area contributed by atoms with E-state index in [0.29, 0.717) is 5.75 Å². The molecule has 1 saturated heterocycles. The number of hydrogen-bond acceptors (Lipinski definition) is 4. The molecule has 2 rings (SSSR count). The molecule has 2 N–H and O–H groups in total. The Morgan fingerprint density at radius 3 is 2.47 bits per heavy atom. The van der Waals surface area contributed by atoms with Crippen molar-refractivity contribution in [3.63, 3.8) is 0 Å². The highest BCUT2D eigenvalue weighted by molar-refractivity contribution is 5.60. The zero-order chi connectivity index (χ0) is 14.0. The maximum Gasteiger partial charge on any atom is 0.126 e. The lowest BCUT2D eigenvalue weighted by atomic mass is 9.92. The van der Waals surface area contributed by atoms with Crippen molar-refractivity contribution in [2.45, 2.75) is 38.4 Å². The quantitative estimate of drug-likeness (QED) is 0.879.